The van der Waals surface area contributed by atoms with Crippen molar-refractivity contribution in [2.75, 3.05) is 13.2 Å². The van der Waals surface area contributed by atoms with Gasteiger partial charge in [-0.25, -0.2) is 21.9 Å². The summed E-state index contributed by atoms with van der Waals surface area (Å²) in [5.74, 6) is -3.78. The average molecular weight is 449 g/mol. The van der Waals surface area contributed by atoms with Crippen molar-refractivity contribution in [3.63, 3.8) is 0 Å². The standard InChI is InChI=1S/C19H16F5NO4S/c1-18(9-29-10-18)25-30(27,28)16-4-2-3-12(17(16)21)15(26)8-11-5-6-14(20)13(7-11)19(22,23)24/h2-7,25H,8-10H2,1H3. The lowest BCUT2D eigenvalue weighted by molar-refractivity contribution is -0.140. The summed E-state index contributed by atoms with van der Waals surface area (Å²) >= 11 is 0. The molecule has 0 amide bonds. The molecule has 30 heavy (non-hydrogen) atoms. The highest BCUT2D eigenvalue weighted by molar-refractivity contribution is 7.89. The van der Waals surface area contributed by atoms with Crippen molar-refractivity contribution in [1.29, 1.82) is 0 Å². The van der Waals surface area contributed by atoms with Crippen molar-refractivity contribution >= 4 is 15.8 Å². The van der Waals surface area contributed by atoms with Gasteiger partial charge in [-0.05, 0) is 36.8 Å². The van der Waals surface area contributed by atoms with Crippen molar-refractivity contribution < 1.29 is 39.9 Å². The van der Waals surface area contributed by atoms with E-state index in [1.54, 1.807) is 6.92 Å². The van der Waals surface area contributed by atoms with Gasteiger partial charge in [-0.3, -0.25) is 4.79 Å². The largest absolute Gasteiger partial charge is 0.419 e. The SMILES string of the molecule is CC1(NS(=O)(=O)c2cccc(C(=O)Cc3ccc(F)c(C(F)(F)F)c3)c2F)COC1. The van der Waals surface area contributed by atoms with Crippen LogP contribution in [0.5, 0.6) is 0 Å². The van der Waals surface area contributed by atoms with Gasteiger partial charge in [0.05, 0.1) is 29.9 Å². The van der Waals surface area contributed by atoms with Gasteiger partial charge in [-0.2, -0.15) is 13.2 Å². The van der Waals surface area contributed by atoms with Gasteiger partial charge in [0, 0.05) is 6.42 Å². The van der Waals surface area contributed by atoms with Gasteiger partial charge in [0.15, 0.2) is 11.6 Å². The van der Waals surface area contributed by atoms with Crippen molar-refractivity contribution in [3.8, 4) is 0 Å². The van der Waals surface area contributed by atoms with Crippen LogP contribution >= 0.6 is 0 Å². The summed E-state index contributed by atoms with van der Waals surface area (Å²) in [6.45, 7) is 1.75. The van der Waals surface area contributed by atoms with Crippen LogP contribution in [0, 0.1) is 11.6 Å². The number of ketones is 1. The van der Waals surface area contributed by atoms with E-state index in [9.17, 15) is 35.2 Å². The van der Waals surface area contributed by atoms with Crippen molar-refractivity contribution in [2.24, 2.45) is 0 Å². The highest BCUT2D eigenvalue weighted by Crippen LogP contribution is 2.32. The number of hydrogen-bond donors (Lipinski definition) is 1. The first kappa shape index (κ1) is 22.3. The second kappa shape index (κ2) is 7.71. The molecule has 1 heterocycles. The summed E-state index contributed by atoms with van der Waals surface area (Å²) in [5.41, 5.74) is -3.26. The molecule has 2 aromatic carbocycles. The summed E-state index contributed by atoms with van der Waals surface area (Å²) in [7, 11) is -4.33. The monoisotopic (exact) mass is 449 g/mol. The van der Waals surface area contributed by atoms with Crippen LogP contribution in [-0.4, -0.2) is 33.0 Å². The third-order valence-corrected chi connectivity index (χ3v) is 6.13. The number of Topliss-reactive ketones (excluding diaryl/α,β-unsaturated/α-hetero) is 1. The number of carbonyl (C=O) groups is 1. The van der Waals surface area contributed by atoms with E-state index in [-0.39, 0.29) is 18.8 Å². The minimum Gasteiger partial charge on any atom is -0.377 e. The zero-order chi connectivity index (χ0) is 22.3. The van der Waals surface area contributed by atoms with E-state index in [2.05, 4.69) is 4.72 Å². The second-order valence-corrected chi connectivity index (χ2v) is 8.84. The molecule has 1 saturated heterocycles. The molecule has 0 radical (unpaired) electrons. The Morgan fingerprint density at radius 2 is 1.83 bits per heavy atom. The van der Waals surface area contributed by atoms with Crippen LogP contribution in [0.15, 0.2) is 41.3 Å². The second-order valence-electron chi connectivity index (χ2n) is 7.19. The van der Waals surface area contributed by atoms with Crippen molar-refractivity contribution in [2.45, 2.75) is 30.0 Å². The first-order valence-electron chi connectivity index (χ1n) is 8.61. The van der Waals surface area contributed by atoms with Gasteiger partial charge in [-0.15, -0.1) is 0 Å². The summed E-state index contributed by atoms with van der Waals surface area (Å²) in [4.78, 5) is 11.7. The van der Waals surface area contributed by atoms with Gasteiger partial charge in [0.1, 0.15) is 10.7 Å². The van der Waals surface area contributed by atoms with E-state index in [0.717, 1.165) is 24.3 Å². The third kappa shape index (κ3) is 4.52. The van der Waals surface area contributed by atoms with E-state index in [4.69, 9.17) is 4.74 Å². The van der Waals surface area contributed by atoms with Gasteiger partial charge in [0.25, 0.3) is 0 Å². The maximum atomic E-state index is 14.8. The molecule has 1 aliphatic heterocycles. The van der Waals surface area contributed by atoms with Gasteiger partial charge >= 0.3 is 6.18 Å². The number of hydrogen-bond acceptors (Lipinski definition) is 4. The minimum absolute atomic E-state index is 0.0958. The van der Waals surface area contributed by atoms with Crippen LogP contribution < -0.4 is 4.72 Å². The van der Waals surface area contributed by atoms with E-state index < -0.39 is 61.6 Å². The van der Waals surface area contributed by atoms with Gasteiger partial charge < -0.3 is 4.74 Å². The molecule has 3 rings (SSSR count). The summed E-state index contributed by atoms with van der Waals surface area (Å²) in [6.07, 6.45) is -5.64. The number of sulfonamides is 1. The van der Waals surface area contributed by atoms with Crippen LogP contribution in [0.25, 0.3) is 0 Å². The molecule has 5 nitrogen and oxygen atoms in total. The van der Waals surface area contributed by atoms with Gasteiger partial charge in [-0.1, -0.05) is 12.1 Å². The minimum atomic E-state index is -4.96. The fourth-order valence-corrected chi connectivity index (χ4v) is 4.44. The third-order valence-electron chi connectivity index (χ3n) is 4.48. The molecule has 0 saturated carbocycles. The lowest BCUT2D eigenvalue weighted by atomic mass is 10.0. The number of ether oxygens (including phenoxy) is 1. The fraction of sp³-hybridized carbons (Fsp3) is 0.316. The maximum Gasteiger partial charge on any atom is 0.419 e. The lowest BCUT2D eigenvalue weighted by Gasteiger charge is -2.38. The average Bonchev–Trinajstić information content (AvgIpc) is 2.60. The molecule has 0 bridgehead atoms. The molecule has 2 aromatic rings. The molecule has 0 aliphatic carbocycles. The number of carbonyl (C=O) groups excluding carboxylic acids is 1. The number of halogens is 5. The highest BCUT2D eigenvalue weighted by Gasteiger charge is 2.39. The van der Waals surface area contributed by atoms with E-state index in [1.807, 2.05) is 0 Å². The summed E-state index contributed by atoms with van der Waals surface area (Å²) in [6, 6.07) is 5.14. The molecule has 0 spiro atoms. The summed E-state index contributed by atoms with van der Waals surface area (Å²) < 4.78 is 99.0. The Labute approximate surface area is 168 Å². The number of rotatable bonds is 6. The first-order valence-corrected chi connectivity index (χ1v) is 10.1. The number of nitrogens with one attached hydrogen (secondary N) is 1. The molecule has 1 aliphatic rings. The normalized spacial score (nSPS) is 16.2. The molecule has 162 valence electrons. The highest BCUT2D eigenvalue weighted by atomic mass is 32.2. The van der Waals surface area contributed by atoms with E-state index in [0.29, 0.717) is 12.1 Å². The smallest absolute Gasteiger partial charge is 0.377 e. The van der Waals surface area contributed by atoms with Crippen LogP contribution in [0.4, 0.5) is 22.0 Å². The van der Waals surface area contributed by atoms with E-state index >= 15 is 0 Å². The predicted molar refractivity (Wildman–Crippen MR) is 95.4 cm³/mol. The first-order chi connectivity index (χ1) is 13.8. The zero-order valence-electron chi connectivity index (χ0n) is 15.5. The van der Waals surface area contributed by atoms with Crippen LogP contribution in [0.3, 0.4) is 0 Å². The molecule has 1 N–H and O–H groups in total. The number of benzene rings is 2. The van der Waals surface area contributed by atoms with Gasteiger partial charge in [0.2, 0.25) is 10.0 Å². The van der Waals surface area contributed by atoms with Crippen molar-refractivity contribution in [3.05, 3.63) is 64.7 Å². The fourth-order valence-electron chi connectivity index (χ4n) is 2.96. The Balaban J connectivity index is 1.88. The Morgan fingerprint density at radius 1 is 1.17 bits per heavy atom. The van der Waals surface area contributed by atoms with Crippen LogP contribution in [0.2, 0.25) is 0 Å². The molecular formula is C19H16F5NO4S. The Morgan fingerprint density at radius 3 is 2.40 bits per heavy atom. The van der Waals surface area contributed by atoms with Crippen molar-refractivity contribution in [1.82, 2.24) is 4.72 Å². The maximum absolute atomic E-state index is 14.8. The Hall–Kier alpha value is -2.37. The van der Waals surface area contributed by atoms with Crippen LogP contribution in [-0.2, 0) is 27.4 Å². The topological polar surface area (TPSA) is 72.5 Å². The predicted octanol–water partition coefficient (Wildman–Crippen LogP) is 3.48. The number of alkyl halides is 3. The molecule has 0 atom stereocenters. The molecular weight excluding hydrogens is 433 g/mol. The van der Waals surface area contributed by atoms with Crippen LogP contribution in [0.1, 0.15) is 28.4 Å². The zero-order valence-corrected chi connectivity index (χ0v) is 16.3. The molecule has 0 unspecified atom stereocenters. The quantitative estimate of drug-likeness (QED) is 0.542. The molecule has 11 heteroatoms. The molecule has 0 aromatic heterocycles. The lowest BCUT2D eigenvalue weighted by Crippen LogP contribution is -2.59. The molecule has 1 fully saturated rings. The Bertz CT molecular complexity index is 1090. The Kier molecular flexibility index (Phi) is 5.74. The van der Waals surface area contributed by atoms with E-state index in [1.165, 1.54) is 0 Å². The summed E-state index contributed by atoms with van der Waals surface area (Å²) in [5, 5.41) is 0.